The van der Waals surface area contributed by atoms with E-state index in [1.165, 1.54) is 18.4 Å². The Morgan fingerprint density at radius 3 is 2.56 bits per heavy atom. The summed E-state index contributed by atoms with van der Waals surface area (Å²) in [5.74, 6) is 0.350. The van der Waals surface area contributed by atoms with Gasteiger partial charge in [0.25, 0.3) is 0 Å². The molecule has 2 saturated carbocycles. The van der Waals surface area contributed by atoms with Crippen LogP contribution in [0.2, 0.25) is 0 Å². The van der Waals surface area contributed by atoms with E-state index >= 15 is 0 Å². The van der Waals surface area contributed by atoms with Gasteiger partial charge in [0.05, 0.1) is 18.2 Å². The Labute approximate surface area is 189 Å². The number of aromatic amines is 1. The van der Waals surface area contributed by atoms with Gasteiger partial charge in [-0.1, -0.05) is 43.2 Å². The van der Waals surface area contributed by atoms with Crippen LogP contribution in [0, 0.1) is 11.3 Å². The quantitative estimate of drug-likeness (QED) is 0.684. The minimum atomic E-state index is 0.0298. The maximum absolute atomic E-state index is 13.0. The van der Waals surface area contributed by atoms with Crippen molar-refractivity contribution in [3.8, 4) is 0 Å². The number of hydrogen-bond donors (Lipinski definition) is 2. The van der Waals surface area contributed by atoms with Crippen LogP contribution < -0.4 is 5.32 Å². The number of imidazole rings is 1. The van der Waals surface area contributed by atoms with Crippen LogP contribution in [0.3, 0.4) is 0 Å². The fourth-order valence-corrected chi connectivity index (χ4v) is 5.86. The smallest absolute Gasteiger partial charge is 0.246 e. The number of nitrogens with zero attached hydrogens (tertiary/aromatic N) is 2. The number of nitrogens with one attached hydrogen (secondary N) is 2. The summed E-state index contributed by atoms with van der Waals surface area (Å²) < 4.78 is 0. The molecule has 3 fully saturated rings. The minimum Gasteiger partial charge on any atom is -0.355 e. The van der Waals surface area contributed by atoms with Crippen molar-refractivity contribution in [3.63, 3.8) is 0 Å². The first-order valence-electron chi connectivity index (χ1n) is 11.9. The van der Waals surface area contributed by atoms with Gasteiger partial charge in [0.15, 0.2) is 0 Å². The molecule has 2 aromatic rings. The zero-order valence-electron chi connectivity index (χ0n) is 18.6. The largest absolute Gasteiger partial charge is 0.355 e. The number of hydrogen-bond acceptors (Lipinski definition) is 3. The average molecular weight is 433 g/mol. The van der Waals surface area contributed by atoms with Crippen LogP contribution in [0.15, 0.2) is 48.9 Å². The highest BCUT2D eigenvalue weighted by atomic mass is 16.2. The van der Waals surface area contributed by atoms with Gasteiger partial charge in [-0.2, -0.15) is 0 Å². The summed E-state index contributed by atoms with van der Waals surface area (Å²) >= 11 is 0. The first-order valence-corrected chi connectivity index (χ1v) is 11.9. The summed E-state index contributed by atoms with van der Waals surface area (Å²) in [5, 5.41) is 3.33. The van der Waals surface area contributed by atoms with Crippen LogP contribution >= 0.6 is 0 Å². The lowest BCUT2D eigenvalue weighted by Crippen LogP contribution is -2.42. The molecule has 1 aromatic carbocycles. The summed E-state index contributed by atoms with van der Waals surface area (Å²) in [6.45, 7) is 2.19. The summed E-state index contributed by atoms with van der Waals surface area (Å²) in [7, 11) is 0. The zero-order valence-corrected chi connectivity index (χ0v) is 18.6. The number of carbonyl (C=O) groups is 2. The van der Waals surface area contributed by atoms with E-state index < -0.39 is 0 Å². The minimum absolute atomic E-state index is 0.0298. The highest BCUT2D eigenvalue weighted by molar-refractivity contribution is 5.91. The predicted molar refractivity (Wildman–Crippen MR) is 124 cm³/mol. The third-order valence-corrected chi connectivity index (χ3v) is 8.05. The van der Waals surface area contributed by atoms with Crippen molar-refractivity contribution in [2.45, 2.75) is 50.4 Å². The van der Waals surface area contributed by atoms with Crippen LogP contribution in [-0.4, -0.2) is 46.3 Å². The van der Waals surface area contributed by atoms with Gasteiger partial charge in [-0.05, 0) is 49.2 Å². The molecule has 0 unspecified atom stereocenters. The lowest BCUT2D eigenvalue weighted by Gasteiger charge is -2.33. The second-order valence-electron chi connectivity index (χ2n) is 9.86. The molecule has 0 bridgehead atoms. The number of carbonyl (C=O) groups excluding carboxylic acids is 2. The van der Waals surface area contributed by atoms with E-state index in [1.807, 2.05) is 4.90 Å². The normalized spacial score (nSPS) is 23.5. The van der Waals surface area contributed by atoms with Crippen LogP contribution in [0.5, 0.6) is 0 Å². The highest BCUT2D eigenvalue weighted by Gasteiger charge is 2.58. The average Bonchev–Trinajstić information content (AvgIpc) is 3.21. The van der Waals surface area contributed by atoms with E-state index in [0.29, 0.717) is 0 Å². The third-order valence-electron chi connectivity index (χ3n) is 8.05. The van der Waals surface area contributed by atoms with Gasteiger partial charge in [-0.3, -0.25) is 9.59 Å². The van der Waals surface area contributed by atoms with Crippen LogP contribution in [0.4, 0.5) is 0 Å². The molecule has 2 N–H and O–H groups in total. The maximum atomic E-state index is 13.0. The topological polar surface area (TPSA) is 78.1 Å². The van der Waals surface area contributed by atoms with E-state index in [-0.39, 0.29) is 28.6 Å². The molecular formula is C26H32N4O2. The maximum Gasteiger partial charge on any atom is 0.246 e. The molecule has 2 amide bonds. The highest BCUT2D eigenvalue weighted by Crippen LogP contribution is 2.59. The molecule has 2 aliphatic carbocycles. The fraction of sp³-hybridized carbons (Fsp3) is 0.500. The predicted octanol–water partition coefficient (Wildman–Crippen LogP) is 3.68. The molecule has 1 saturated heterocycles. The molecule has 1 spiro atoms. The Morgan fingerprint density at radius 1 is 1.12 bits per heavy atom. The van der Waals surface area contributed by atoms with Gasteiger partial charge >= 0.3 is 0 Å². The molecule has 2 heterocycles. The monoisotopic (exact) mass is 432 g/mol. The second kappa shape index (κ2) is 8.57. The molecule has 5 rings (SSSR count). The molecule has 168 valence electrons. The van der Waals surface area contributed by atoms with E-state index in [0.717, 1.165) is 57.4 Å². The van der Waals surface area contributed by atoms with Crippen molar-refractivity contribution in [1.29, 1.82) is 0 Å². The van der Waals surface area contributed by atoms with Crippen LogP contribution in [0.25, 0.3) is 6.08 Å². The second-order valence-corrected chi connectivity index (χ2v) is 9.86. The summed E-state index contributed by atoms with van der Waals surface area (Å²) in [6, 6.07) is 10.7. The molecular weight excluding hydrogens is 400 g/mol. The van der Waals surface area contributed by atoms with Crippen molar-refractivity contribution in [1.82, 2.24) is 20.2 Å². The molecule has 1 atom stereocenters. The number of piperidine rings is 1. The van der Waals surface area contributed by atoms with E-state index in [1.54, 1.807) is 24.7 Å². The number of benzene rings is 1. The van der Waals surface area contributed by atoms with E-state index in [2.05, 4.69) is 45.6 Å². The van der Waals surface area contributed by atoms with Gasteiger partial charge in [0.2, 0.25) is 11.8 Å². The van der Waals surface area contributed by atoms with Crippen molar-refractivity contribution in [2.75, 3.05) is 19.6 Å². The van der Waals surface area contributed by atoms with Crippen LogP contribution in [0.1, 0.15) is 56.2 Å². The molecule has 1 aromatic heterocycles. The standard InChI is InChI=1S/C26H32N4O2/c31-23(9-8-21-17-27-19-29-21)30-14-12-25(13-15-30)16-22(25)24(32)28-18-26(10-4-5-11-26)20-6-2-1-3-7-20/h1-3,6-9,17,19,22H,4-5,10-16,18H2,(H,27,29)(H,28,32)/b9-8+/t22-/m1/s1. The summed E-state index contributed by atoms with van der Waals surface area (Å²) in [6.07, 6.45) is 14.2. The number of amides is 2. The first kappa shape index (κ1) is 21.0. The molecule has 6 heteroatoms. The zero-order chi connectivity index (χ0) is 22.0. The third kappa shape index (κ3) is 4.10. The summed E-state index contributed by atoms with van der Waals surface area (Å²) in [5.41, 5.74) is 2.37. The van der Waals surface area contributed by atoms with Gasteiger partial charge in [-0.15, -0.1) is 0 Å². The van der Waals surface area contributed by atoms with Crippen molar-refractivity contribution in [2.24, 2.45) is 11.3 Å². The molecule has 0 radical (unpaired) electrons. The van der Waals surface area contributed by atoms with Crippen molar-refractivity contribution < 1.29 is 9.59 Å². The lowest BCUT2D eigenvalue weighted by molar-refractivity contribution is -0.127. The Hall–Kier alpha value is -2.89. The molecule has 3 aliphatic rings. The Balaban J connectivity index is 1.13. The molecule has 6 nitrogen and oxygen atoms in total. The Kier molecular flexibility index (Phi) is 5.62. The SMILES string of the molecule is O=C(NCC1(c2ccccc2)CCCC1)[C@H]1CC12CCN(C(=O)/C=C/c1cnc[nH]1)CC2. The number of H-pyrrole nitrogens is 1. The van der Waals surface area contributed by atoms with E-state index in [9.17, 15) is 9.59 Å². The van der Waals surface area contributed by atoms with Gasteiger partial charge in [-0.25, -0.2) is 4.98 Å². The van der Waals surface area contributed by atoms with Gasteiger partial charge in [0, 0.05) is 37.0 Å². The van der Waals surface area contributed by atoms with Crippen molar-refractivity contribution in [3.05, 3.63) is 60.2 Å². The van der Waals surface area contributed by atoms with E-state index in [4.69, 9.17) is 0 Å². The molecule has 32 heavy (non-hydrogen) atoms. The number of aromatic nitrogens is 2. The summed E-state index contributed by atoms with van der Waals surface area (Å²) in [4.78, 5) is 34.4. The van der Waals surface area contributed by atoms with Crippen LogP contribution in [-0.2, 0) is 15.0 Å². The number of likely N-dealkylation sites (tertiary alicyclic amines) is 1. The Bertz CT molecular complexity index is 969. The van der Waals surface area contributed by atoms with Crippen molar-refractivity contribution >= 4 is 17.9 Å². The first-order chi connectivity index (χ1) is 15.6. The lowest BCUT2D eigenvalue weighted by atomic mass is 9.78. The van der Waals surface area contributed by atoms with Gasteiger partial charge < -0.3 is 15.2 Å². The Morgan fingerprint density at radius 2 is 1.88 bits per heavy atom. The fourth-order valence-electron chi connectivity index (χ4n) is 5.86. The number of rotatable bonds is 6. The molecule has 1 aliphatic heterocycles. The van der Waals surface area contributed by atoms with Gasteiger partial charge in [0.1, 0.15) is 0 Å².